The Kier molecular flexibility index (Phi) is 5.22. The Morgan fingerprint density at radius 2 is 2.29 bits per heavy atom. The molecule has 0 aromatic carbocycles. The minimum Gasteiger partial charge on any atom is -0.480 e. The Hall–Kier alpha value is -1.56. The molecule has 1 aromatic heterocycles. The Bertz CT molecular complexity index is 507. The number of aryl methyl sites for hydroxylation is 1. The van der Waals surface area contributed by atoms with Crippen LogP contribution in [0.15, 0.2) is 24.5 Å². The number of carbonyl (C=O) groups excluding carboxylic acids is 1. The lowest BCUT2D eigenvalue weighted by molar-refractivity contribution is -0.149. The van der Waals surface area contributed by atoms with Gasteiger partial charge in [-0.25, -0.2) is 4.79 Å². The fourth-order valence-corrected chi connectivity index (χ4v) is 3.97. The van der Waals surface area contributed by atoms with Crippen molar-refractivity contribution < 1.29 is 14.7 Å². The average Bonchev–Trinajstić information content (AvgIpc) is 2.91. The van der Waals surface area contributed by atoms with Crippen LogP contribution in [0.25, 0.3) is 0 Å². The molecular weight excluding hydrogens is 288 g/mol. The third kappa shape index (κ3) is 3.75. The first-order valence-corrected chi connectivity index (χ1v) is 8.10. The molecule has 0 radical (unpaired) electrons. The number of carboxylic acids is 1. The summed E-state index contributed by atoms with van der Waals surface area (Å²) in [6.07, 6.45) is 4.34. The summed E-state index contributed by atoms with van der Waals surface area (Å²) in [6.45, 7) is 4.03. The molecular formula is C15H20N2O3S. The van der Waals surface area contributed by atoms with Crippen LogP contribution in [-0.2, 0) is 16.0 Å². The highest BCUT2D eigenvalue weighted by Gasteiger charge is 2.42. The molecule has 2 atom stereocenters. The lowest BCUT2D eigenvalue weighted by atomic mass is 10.1. The molecule has 1 amide bonds. The number of thioether (sulfide) groups is 1. The first-order valence-electron chi connectivity index (χ1n) is 7.05. The predicted octanol–water partition coefficient (Wildman–Crippen LogP) is 2.02. The quantitative estimate of drug-likeness (QED) is 0.901. The van der Waals surface area contributed by atoms with E-state index in [0.29, 0.717) is 18.6 Å². The zero-order chi connectivity index (χ0) is 15.4. The molecule has 2 rings (SSSR count). The Morgan fingerprint density at radius 3 is 2.86 bits per heavy atom. The van der Waals surface area contributed by atoms with Crippen LogP contribution in [0.5, 0.6) is 0 Å². The molecule has 21 heavy (non-hydrogen) atoms. The number of carbonyl (C=O) groups is 2. The molecule has 0 saturated carbocycles. The maximum absolute atomic E-state index is 12.5. The SMILES string of the molecule is CC(C)C1SCC(C(=O)O)N1C(=O)CCc1cccnc1. The summed E-state index contributed by atoms with van der Waals surface area (Å²) in [6, 6.07) is 3.06. The van der Waals surface area contributed by atoms with E-state index in [0.717, 1.165) is 5.56 Å². The number of rotatable bonds is 5. The van der Waals surface area contributed by atoms with Crippen molar-refractivity contribution >= 4 is 23.6 Å². The molecule has 0 aliphatic carbocycles. The first kappa shape index (κ1) is 15.8. The standard InChI is InChI=1S/C15H20N2O3S/c1-10(2)14-17(12(9-21-14)15(19)20)13(18)6-5-11-4-3-7-16-8-11/h3-4,7-8,10,12,14H,5-6,9H2,1-2H3,(H,19,20). The highest BCUT2D eigenvalue weighted by atomic mass is 32.2. The summed E-state index contributed by atoms with van der Waals surface area (Å²) in [5, 5.41) is 9.25. The summed E-state index contributed by atoms with van der Waals surface area (Å²) in [5.74, 6) is -0.298. The van der Waals surface area contributed by atoms with Crippen molar-refractivity contribution in [3.8, 4) is 0 Å². The lowest BCUT2D eigenvalue weighted by Gasteiger charge is -2.29. The maximum Gasteiger partial charge on any atom is 0.327 e. The van der Waals surface area contributed by atoms with Gasteiger partial charge in [0.15, 0.2) is 0 Å². The van der Waals surface area contributed by atoms with Crippen molar-refractivity contribution in [1.82, 2.24) is 9.88 Å². The molecule has 1 N–H and O–H groups in total. The molecule has 6 heteroatoms. The van der Waals surface area contributed by atoms with E-state index < -0.39 is 12.0 Å². The molecule has 1 fully saturated rings. The van der Waals surface area contributed by atoms with Crippen LogP contribution in [0, 0.1) is 5.92 Å². The predicted molar refractivity (Wildman–Crippen MR) is 81.9 cm³/mol. The minimum atomic E-state index is -0.916. The molecule has 0 spiro atoms. The van der Waals surface area contributed by atoms with Crippen LogP contribution in [0.1, 0.15) is 25.8 Å². The third-order valence-corrected chi connectivity index (χ3v) is 5.15. The normalized spacial score (nSPS) is 21.8. The van der Waals surface area contributed by atoms with Gasteiger partial charge in [-0.1, -0.05) is 19.9 Å². The van der Waals surface area contributed by atoms with E-state index in [1.807, 2.05) is 26.0 Å². The van der Waals surface area contributed by atoms with Gasteiger partial charge in [-0.3, -0.25) is 9.78 Å². The van der Waals surface area contributed by atoms with Gasteiger partial charge in [0.05, 0.1) is 5.37 Å². The van der Waals surface area contributed by atoms with Crippen LogP contribution in [0.3, 0.4) is 0 Å². The topological polar surface area (TPSA) is 70.5 Å². The lowest BCUT2D eigenvalue weighted by Crippen LogP contribution is -2.47. The van der Waals surface area contributed by atoms with E-state index >= 15 is 0 Å². The van der Waals surface area contributed by atoms with Crippen molar-refractivity contribution in [2.45, 2.75) is 38.1 Å². The number of aromatic nitrogens is 1. The number of amides is 1. The highest BCUT2D eigenvalue weighted by Crippen LogP contribution is 2.34. The number of hydrogen-bond donors (Lipinski definition) is 1. The van der Waals surface area contributed by atoms with Crippen LogP contribution < -0.4 is 0 Å². The van der Waals surface area contributed by atoms with Gasteiger partial charge in [-0.15, -0.1) is 11.8 Å². The van der Waals surface area contributed by atoms with Crippen molar-refractivity contribution in [3.05, 3.63) is 30.1 Å². The second kappa shape index (κ2) is 6.93. The van der Waals surface area contributed by atoms with E-state index in [-0.39, 0.29) is 17.2 Å². The summed E-state index contributed by atoms with van der Waals surface area (Å²) >= 11 is 1.56. The van der Waals surface area contributed by atoms with Crippen LogP contribution in [0.4, 0.5) is 0 Å². The molecule has 114 valence electrons. The van der Waals surface area contributed by atoms with Crippen molar-refractivity contribution in [1.29, 1.82) is 0 Å². The average molecular weight is 308 g/mol. The van der Waals surface area contributed by atoms with Gasteiger partial charge < -0.3 is 10.0 Å². The van der Waals surface area contributed by atoms with Crippen molar-refractivity contribution in [3.63, 3.8) is 0 Å². The highest BCUT2D eigenvalue weighted by molar-refractivity contribution is 8.00. The first-order chi connectivity index (χ1) is 10.0. The van der Waals surface area contributed by atoms with Gasteiger partial charge >= 0.3 is 5.97 Å². The Balaban J connectivity index is 2.05. The van der Waals surface area contributed by atoms with Crippen LogP contribution in [-0.4, -0.2) is 44.0 Å². The second-order valence-electron chi connectivity index (χ2n) is 5.48. The fourth-order valence-electron chi connectivity index (χ4n) is 2.47. The minimum absolute atomic E-state index is 0.0486. The number of aliphatic carboxylic acids is 1. The van der Waals surface area contributed by atoms with Gasteiger partial charge in [0.25, 0.3) is 0 Å². The molecule has 1 saturated heterocycles. The summed E-state index contributed by atoms with van der Waals surface area (Å²) in [7, 11) is 0. The van der Waals surface area contributed by atoms with E-state index in [4.69, 9.17) is 0 Å². The Morgan fingerprint density at radius 1 is 1.52 bits per heavy atom. The smallest absolute Gasteiger partial charge is 0.327 e. The molecule has 1 aromatic rings. The zero-order valence-electron chi connectivity index (χ0n) is 12.2. The third-order valence-electron chi connectivity index (χ3n) is 3.53. The van der Waals surface area contributed by atoms with Gasteiger partial charge in [-0.05, 0) is 24.0 Å². The largest absolute Gasteiger partial charge is 0.480 e. The van der Waals surface area contributed by atoms with Crippen molar-refractivity contribution in [2.75, 3.05) is 5.75 Å². The van der Waals surface area contributed by atoms with Crippen LogP contribution in [0.2, 0.25) is 0 Å². The number of carboxylic acid groups (broad SMARTS) is 1. The van der Waals surface area contributed by atoms with Gasteiger partial charge in [0.1, 0.15) is 6.04 Å². The molecule has 0 bridgehead atoms. The number of pyridine rings is 1. The Labute approximate surface area is 128 Å². The molecule has 2 heterocycles. The van der Waals surface area contributed by atoms with E-state index in [9.17, 15) is 14.7 Å². The zero-order valence-corrected chi connectivity index (χ0v) is 13.0. The fraction of sp³-hybridized carbons (Fsp3) is 0.533. The van der Waals surface area contributed by atoms with Gasteiger partial charge in [-0.2, -0.15) is 0 Å². The summed E-state index contributed by atoms with van der Waals surface area (Å²) in [4.78, 5) is 29.4. The second-order valence-corrected chi connectivity index (χ2v) is 6.63. The van der Waals surface area contributed by atoms with E-state index in [2.05, 4.69) is 4.98 Å². The van der Waals surface area contributed by atoms with Crippen molar-refractivity contribution in [2.24, 2.45) is 5.92 Å². The molecule has 5 nitrogen and oxygen atoms in total. The molecule has 1 aliphatic rings. The van der Waals surface area contributed by atoms with E-state index in [1.165, 1.54) is 0 Å². The number of nitrogens with zero attached hydrogens (tertiary/aromatic N) is 2. The van der Waals surface area contributed by atoms with Crippen LogP contribution >= 0.6 is 11.8 Å². The number of hydrogen-bond acceptors (Lipinski definition) is 4. The van der Waals surface area contributed by atoms with Gasteiger partial charge in [0, 0.05) is 24.6 Å². The maximum atomic E-state index is 12.5. The molecule has 1 aliphatic heterocycles. The summed E-state index contributed by atoms with van der Waals surface area (Å²) < 4.78 is 0. The summed E-state index contributed by atoms with van der Waals surface area (Å²) in [5.41, 5.74) is 0.991. The monoisotopic (exact) mass is 308 g/mol. The molecule has 2 unspecified atom stereocenters. The van der Waals surface area contributed by atoms with E-state index in [1.54, 1.807) is 29.1 Å². The van der Waals surface area contributed by atoms with Gasteiger partial charge in [0.2, 0.25) is 5.91 Å².